The SMILES string of the molecule is Cc1c(OCc2ncnn2C)ccc(S(N)(=O)=O)c1C. The van der Waals surface area contributed by atoms with Gasteiger partial charge in [0.1, 0.15) is 18.7 Å². The molecule has 0 aliphatic heterocycles. The Kier molecular flexibility index (Phi) is 3.78. The van der Waals surface area contributed by atoms with E-state index in [0.717, 1.165) is 5.56 Å². The second-order valence-corrected chi connectivity index (χ2v) is 5.98. The number of aromatic nitrogens is 3. The van der Waals surface area contributed by atoms with Crippen LogP contribution in [0, 0.1) is 13.8 Å². The van der Waals surface area contributed by atoms with Crippen molar-refractivity contribution in [2.75, 3.05) is 0 Å². The lowest BCUT2D eigenvalue weighted by Crippen LogP contribution is -2.14. The lowest BCUT2D eigenvalue weighted by Gasteiger charge is -2.13. The Balaban J connectivity index is 2.27. The summed E-state index contributed by atoms with van der Waals surface area (Å²) in [6, 6.07) is 3.04. The molecule has 0 fully saturated rings. The molecule has 2 rings (SSSR count). The third-order valence-corrected chi connectivity index (χ3v) is 4.21. The zero-order valence-electron chi connectivity index (χ0n) is 11.5. The third-order valence-electron chi connectivity index (χ3n) is 3.16. The fraction of sp³-hybridized carbons (Fsp3) is 0.333. The second-order valence-electron chi connectivity index (χ2n) is 4.45. The molecule has 0 atom stereocenters. The van der Waals surface area contributed by atoms with Crippen molar-refractivity contribution >= 4 is 10.0 Å². The predicted molar refractivity (Wildman–Crippen MR) is 72.6 cm³/mol. The molecule has 0 saturated heterocycles. The second kappa shape index (κ2) is 5.22. The molecular weight excluding hydrogens is 280 g/mol. The maximum absolute atomic E-state index is 11.4. The van der Waals surface area contributed by atoms with E-state index in [4.69, 9.17) is 9.88 Å². The Hall–Kier alpha value is -1.93. The number of primary sulfonamides is 1. The first kappa shape index (κ1) is 14.5. The highest BCUT2D eigenvalue weighted by Crippen LogP contribution is 2.26. The monoisotopic (exact) mass is 296 g/mol. The summed E-state index contributed by atoms with van der Waals surface area (Å²) in [4.78, 5) is 4.16. The fourth-order valence-electron chi connectivity index (χ4n) is 1.83. The minimum absolute atomic E-state index is 0.112. The molecule has 7 nitrogen and oxygen atoms in total. The summed E-state index contributed by atoms with van der Waals surface area (Å²) in [7, 11) is -1.95. The van der Waals surface area contributed by atoms with E-state index >= 15 is 0 Å². The topological polar surface area (TPSA) is 100 Å². The summed E-state index contributed by atoms with van der Waals surface area (Å²) in [5, 5.41) is 9.10. The van der Waals surface area contributed by atoms with Gasteiger partial charge in [0.25, 0.3) is 0 Å². The minimum atomic E-state index is -3.72. The van der Waals surface area contributed by atoms with Crippen LogP contribution in [0.25, 0.3) is 0 Å². The first-order chi connectivity index (χ1) is 9.30. The lowest BCUT2D eigenvalue weighted by molar-refractivity contribution is 0.287. The first-order valence-electron chi connectivity index (χ1n) is 5.89. The number of hydrogen-bond acceptors (Lipinski definition) is 5. The molecule has 2 aromatic rings. The summed E-state index contributed by atoms with van der Waals surface area (Å²) in [5.41, 5.74) is 1.32. The quantitative estimate of drug-likeness (QED) is 0.893. The molecule has 1 aromatic carbocycles. The average Bonchev–Trinajstić information content (AvgIpc) is 2.75. The molecule has 0 radical (unpaired) electrons. The van der Waals surface area contributed by atoms with Crippen molar-refractivity contribution < 1.29 is 13.2 Å². The lowest BCUT2D eigenvalue weighted by atomic mass is 10.1. The van der Waals surface area contributed by atoms with Crippen molar-refractivity contribution in [3.05, 3.63) is 35.4 Å². The Bertz CT molecular complexity index is 737. The van der Waals surface area contributed by atoms with E-state index in [0.29, 0.717) is 17.1 Å². The molecule has 1 heterocycles. The van der Waals surface area contributed by atoms with E-state index in [1.807, 2.05) is 0 Å². The van der Waals surface area contributed by atoms with Gasteiger partial charge in [0.2, 0.25) is 10.0 Å². The van der Waals surface area contributed by atoms with Crippen molar-refractivity contribution in [3.63, 3.8) is 0 Å². The van der Waals surface area contributed by atoms with E-state index in [2.05, 4.69) is 10.1 Å². The van der Waals surface area contributed by atoms with Gasteiger partial charge >= 0.3 is 0 Å². The Morgan fingerprint density at radius 1 is 1.30 bits per heavy atom. The van der Waals surface area contributed by atoms with Crippen molar-refractivity contribution in [2.24, 2.45) is 12.2 Å². The van der Waals surface area contributed by atoms with Gasteiger partial charge in [0.15, 0.2) is 5.82 Å². The highest BCUT2D eigenvalue weighted by atomic mass is 32.2. The van der Waals surface area contributed by atoms with E-state index in [1.165, 1.54) is 12.4 Å². The van der Waals surface area contributed by atoms with E-state index in [1.54, 1.807) is 31.6 Å². The zero-order chi connectivity index (χ0) is 14.9. The summed E-state index contributed by atoms with van der Waals surface area (Å²) < 4.78 is 30.1. The van der Waals surface area contributed by atoms with Gasteiger partial charge in [0, 0.05) is 7.05 Å². The molecule has 0 amide bonds. The average molecular weight is 296 g/mol. The summed E-state index contributed by atoms with van der Waals surface area (Å²) >= 11 is 0. The molecule has 20 heavy (non-hydrogen) atoms. The maximum Gasteiger partial charge on any atom is 0.238 e. The van der Waals surface area contributed by atoms with Crippen molar-refractivity contribution in [3.8, 4) is 5.75 Å². The van der Waals surface area contributed by atoms with Crippen molar-refractivity contribution in [1.29, 1.82) is 0 Å². The van der Waals surface area contributed by atoms with Crippen LogP contribution in [0.1, 0.15) is 17.0 Å². The van der Waals surface area contributed by atoms with Crippen LogP contribution in [-0.2, 0) is 23.7 Å². The van der Waals surface area contributed by atoms with Crippen LogP contribution < -0.4 is 9.88 Å². The van der Waals surface area contributed by atoms with Crippen LogP contribution in [0.2, 0.25) is 0 Å². The van der Waals surface area contributed by atoms with Crippen LogP contribution in [0.5, 0.6) is 5.75 Å². The maximum atomic E-state index is 11.4. The largest absolute Gasteiger partial charge is 0.485 e. The van der Waals surface area contributed by atoms with E-state index in [9.17, 15) is 8.42 Å². The van der Waals surface area contributed by atoms with Gasteiger partial charge in [-0.3, -0.25) is 4.68 Å². The van der Waals surface area contributed by atoms with E-state index in [-0.39, 0.29) is 11.5 Å². The molecule has 1 aromatic heterocycles. The predicted octanol–water partition coefficient (Wildman–Crippen LogP) is 0.658. The summed E-state index contributed by atoms with van der Waals surface area (Å²) in [6.07, 6.45) is 1.45. The summed E-state index contributed by atoms with van der Waals surface area (Å²) in [5.74, 6) is 1.27. The highest BCUT2D eigenvalue weighted by Gasteiger charge is 2.15. The molecular formula is C12H16N4O3S. The van der Waals surface area contributed by atoms with Crippen LogP contribution in [0.4, 0.5) is 0 Å². The van der Waals surface area contributed by atoms with Gasteiger partial charge in [-0.1, -0.05) is 0 Å². The minimum Gasteiger partial charge on any atom is -0.485 e. The van der Waals surface area contributed by atoms with Crippen LogP contribution in [0.15, 0.2) is 23.4 Å². The van der Waals surface area contributed by atoms with Crippen molar-refractivity contribution in [1.82, 2.24) is 14.8 Å². The number of nitrogens with zero attached hydrogens (tertiary/aromatic N) is 3. The highest BCUT2D eigenvalue weighted by molar-refractivity contribution is 7.89. The molecule has 8 heteroatoms. The van der Waals surface area contributed by atoms with Gasteiger partial charge in [-0.15, -0.1) is 0 Å². The van der Waals surface area contributed by atoms with Gasteiger partial charge in [0.05, 0.1) is 4.90 Å². The fourth-order valence-corrected chi connectivity index (χ4v) is 2.67. The first-order valence-corrected chi connectivity index (χ1v) is 7.44. The van der Waals surface area contributed by atoms with Gasteiger partial charge in [-0.25, -0.2) is 18.5 Å². The van der Waals surface area contributed by atoms with E-state index < -0.39 is 10.0 Å². The van der Waals surface area contributed by atoms with Crippen LogP contribution in [-0.4, -0.2) is 23.2 Å². The number of hydrogen-bond donors (Lipinski definition) is 1. The molecule has 0 bridgehead atoms. The summed E-state index contributed by atoms with van der Waals surface area (Å²) in [6.45, 7) is 3.74. The molecule has 0 saturated carbocycles. The number of sulfonamides is 1. The Morgan fingerprint density at radius 2 is 2.00 bits per heavy atom. The number of rotatable bonds is 4. The zero-order valence-corrected chi connectivity index (χ0v) is 12.3. The number of aryl methyl sites for hydroxylation is 1. The molecule has 108 valence electrons. The number of nitrogens with two attached hydrogens (primary N) is 1. The Labute approximate surface area is 117 Å². The van der Waals surface area contributed by atoms with Crippen LogP contribution in [0.3, 0.4) is 0 Å². The molecule has 0 spiro atoms. The number of ether oxygens (including phenoxy) is 1. The van der Waals surface area contributed by atoms with Crippen LogP contribution >= 0.6 is 0 Å². The normalized spacial score (nSPS) is 11.6. The van der Waals surface area contributed by atoms with Gasteiger partial charge < -0.3 is 4.74 Å². The Morgan fingerprint density at radius 3 is 2.55 bits per heavy atom. The molecule has 0 aliphatic carbocycles. The standard InChI is InChI=1S/C12H16N4O3S/c1-8-9(2)11(20(13,17)18)5-4-10(8)19-6-12-14-7-15-16(12)3/h4-5,7H,6H2,1-3H3,(H2,13,17,18). The number of benzene rings is 1. The third kappa shape index (κ3) is 2.81. The smallest absolute Gasteiger partial charge is 0.238 e. The van der Waals surface area contributed by atoms with Gasteiger partial charge in [-0.05, 0) is 37.1 Å². The molecule has 0 aliphatic rings. The molecule has 0 unspecified atom stereocenters. The molecule has 2 N–H and O–H groups in total. The van der Waals surface area contributed by atoms with Crippen molar-refractivity contribution in [2.45, 2.75) is 25.3 Å². The van der Waals surface area contributed by atoms with Gasteiger partial charge in [-0.2, -0.15) is 5.10 Å².